The molecule has 5 N–H and O–H groups in total. The van der Waals surface area contributed by atoms with Crippen molar-refractivity contribution in [2.45, 2.75) is 55.9 Å². The molecule has 0 radical (unpaired) electrons. The van der Waals surface area contributed by atoms with Crippen LogP contribution >= 0.6 is 0 Å². The lowest BCUT2D eigenvalue weighted by atomic mass is 9.94. The van der Waals surface area contributed by atoms with Crippen LogP contribution in [0.2, 0.25) is 0 Å². The van der Waals surface area contributed by atoms with E-state index >= 15 is 0 Å². The second-order valence-electron chi connectivity index (χ2n) is 13.2. The molecule has 6 aromatic rings. The van der Waals surface area contributed by atoms with E-state index in [1.165, 1.54) is 16.2 Å². The quantitative estimate of drug-likeness (QED) is 0.0796. The van der Waals surface area contributed by atoms with Gasteiger partial charge in [0.05, 0.1) is 31.9 Å². The third-order valence-corrected chi connectivity index (χ3v) is 9.37. The Labute approximate surface area is 322 Å². The third-order valence-electron chi connectivity index (χ3n) is 9.37. The second-order valence-corrected chi connectivity index (χ2v) is 13.2. The third kappa shape index (κ3) is 10.8. The van der Waals surface area contributed by atoms with E-state index in [2.05, 4.69) is 41.9 Å². The predicted molar refractivity (Wildman–Crippen MR) is 211 cm³/mol. The number of rotatable bonds is 14. The highest BCUT2D eigenvalue weighted by atomic mass is 16.7. The van der Waals surface area contributed by atoms with Crippen molar-refractivity contribution in [3.05, 3.63) is 215 Å². The Balaban J connectivity index is 0.000000203. The zero-order chi connectivity index (χ0) is 38.2. The number of nitrogens with one attached hydrogen (secondary N) is 1. The van der Waals surface area contributed by atoms with E-state index in [-0.39, 0.29) is 12.6 Å². The van der Waals surface area contributed by atoms with Crippen molar-refractivity contribution in [1.82, 2.24) is 10.5 Å². The summed E-state index contributed by atoms with van der Waals surface area (Å²) >= 11 is 0. The van der Waals surface area contributed by atoms with Crippen molar-refractivity contribution < 1.29 is 34.8 Å². The lowest BCUT2D eigenvalue weighted by Gasteiger charge is -2.46. The molecule has 55 heavy (non-hydrogen) atoms. The number of nitrogens with zero attached hydrogens (tertiary/aromatic N) is 1. The van der Waals surface area contributed by atoms with Crippen molar-refractivity contribution in [3.8, 4) is 0 Å². The monoisotopic (exact) mass is 740 g/mol. The van der Waals surface area contributed by atoms with Crippen LogP contribution in [-0.4, -0.2) is 62.7 Å². The van der Waals surface area contributed by atoms with Crippen LogP contribution in [0.15, 0.2) is 182 Å². The molecule has 2 unspecified atom stereocenters. The molecule has 1 heterocycles. The largest absolute Gasteiger partial charge is 0.394 e. The fraction of sp³-hybridized carbons (Fsp3) is 0.217. The Bertz CT molecular complexity index is 1850. The zero-order valence-corrected chi connectivity index (χ0v) is 30.4. The Morgan fingerprint density at radius 2 is 0.909 bits per heavy atom. The molecule has 5 atom stereocenters. The highest BCUT2D eigenvalue weighted by molar-refractivity contribution is 5.33. The molecule has 1 fully saturated rings. The summed E-state index contributed by atoms with van der Waals surface area (Å²) in [6, 6.07) is 59.2. The summed E-state index contributed by atoms with van der Waals surface area (Å²) in [5.41, 5.74) is 9.39. The van der Waals surface area contributed by atoms with Crippen LogP contribution in [0.4, 0.5) is 0 Å². The van der Waals surface area contributed by atoms with Crippen LogP contribution in [0.25, 0.3) is 0 Å². The molecular weight excluding hydrogens is 693 g/mol. The van der Waals surface area contributed by atoms with Crippen molar-refractivity contribution in [2.24, 2.45) is 0 Å². The molecule has 6 aromatic carbocycles. The lowest BCUT2D eigenvalue weighted by molar-refractivity contribution is -0.348. The summed E-state index contributed by atoms with van der Waals surface area (Å²) in [4.78, 5) is 12.0. The number of aliphatic hydroxyl groups excluding tert-OH is 4. The van der Waals surface area contributed by atoms with Gasteiger partial charge in [0, 0.05) is 0 Å². The van der Waals surface area contributed by atoms with Gasteiger partial charge < -0.3 is 25.2 Å². The number of aliphatic hydroxyl groups is 4. The molecule has 0 amide bonds. The molecule has 0 bridgehead atoms. The molecule has 9 nitrogen and oxygen atoms in total. The Morgan fingerprint density at radius 1 is 0.509 bits per heavy atom. The molecule has 0 spiro atoms. The van der Waals surface area contributed by atoms with Gasteiger partial charge in [-0.25, -0.2) is 0 Å². The van der Waals surface area contributed by atoms with E-state index in [1.54, 1.807) is 0 Å². The first-order valence-electron chi connectivity index (χ1n) is 18.4. The van der Waals surface area contributed by atoms with Crippen molar-refractivity contribution >= 4 is 0 Å². The molecular formula is C46H48N2O7. The number of ether oxygens (including phenoxy) is 1. The molecule has 1 aliphatic heterocycles. The van der Waals surface area contributed by atoms with E-state index in [0.29, 0.717) is 6.61 Å². The molecule has 9 heteroatoms. The minimum atomic E-state index is -1.52. The van der Waals surface area contributed by atoms with Gasteiger partial charge in [-0.3, -0.25) is 9.68 Å². The van der Waals surface area contributed by atoms with Gasteiger partial charge in [-0.15, -0.1) is 5.06 Å². The predicted octanol–water partition coefficient (Wildman–Crippen LogP) is 6.51. The normalized spacial score (nSPS) is 19.6. The first kappa shape index (κ1) is 39.6. The van der Waals surface area contributed by atoms with Gasteiger partial charge in [-0.1, -0.05) is 182 Å². The molecule has 284 valence electrons. The van der Waals surface area contributed by atoms with E-state index < -0.39 is 43.3 Å². The molecule has 1 saturated heterocycles. The Morgan fingerprint density at radius 3 is 1.35 bits per heavy atom. The van der Waals surface area contributed by atoms with Gasteiger partial charge in [-0.2, -0.15) is 5.48 Å². The maximum absolute atomic E-state index is 10.9. The Hall–Kier alpha value is -5.04. The van der Waals surface area contributed by atoms with Crippen LogP contribution in [0, 0.1) is 0 Å². The summed E-state index contributed by atoms with van der Waals surface area (Å²) in [6.45, 7) is 0.207. The van der Waals surface area contributed by atoms with E-state index in [4.69, 9.17) is 14.4 Å². The van der Waals surface area contributed by atoms with E-state index in [0.717, 1.165) is 22.3 Å². The summed E-state index contributed by atoms with van der Waals surface area (Å²) in [5.74, 6) is 0. The maximum Gasteiger partial charge on any atom is 0.163 e. The summed E-state index contributed by atoms with van der Waals surface area (Å²) < 4.78 is 5.90. The molecule has 0 aromatic heterocycles. The summed E-state index contributed by atoms with van der Waals surface area (Å²) in [5, 5.41) is 42.9. The average molecular weight is 741 g/mol. The van der Waals surface area contributed by atoms with Gasteiger partial charge >= 0.3 is 0 Å². The van der Waals surface area contributed by atoms with Crippen LogP contribution in [-0.2, 0) is 27.6 Å². The van der Waals surface area contributed by atoms with Gasteiger partial charge in [-0.05, 0) is 33.4 Å². The first-order valence-corrected chi connectivity index (χ1v) is 18.4. The van der Waals surface area contributed by atoms with Crippen molar-refractivity contribution in [1.29, 1.82) is 0 Å². The topological polar surface area (TPSA) is 124 Å². The minimum absolute atomic E-state index is 0.0195. The first-order chi connectivity index (χ1) is 27.0. The van der Waals surface area contributed by atoms with Crippen molar-refractivity contribution in [2.75, 3.05) is 6.61 Å². The summed E-state index contributed by atoms with van der Waals surface area (Å²) in [7, 11) is 0. The van der Waals surface area contributed by atoms with Crippen LogP contribution in [0.5, 0.6) is 0 Å². The second kappa shape index (κ2) is 20.6. The van der Waals surface area contributed by atoms with Gasteiger partial charge in [0.2, 0.25) is 0 Å². The Kier molecular flexibility index (Phi) is 14.8. The van der Waals surface area contributed by atoms with E-state index in [9.17, 15) is 20.4 Å². The molecule has 0 aliphatic carbocycles. The van der Waals surface area contributed by atoms with Crippen molar-refractivity contribution in [3.63, 3.8) is 0 Å². The lowest BCUT2D eigenvalue weighted by Crippen LogP contribution is -2.63. The zero-order valence-electron chi connectivity index (χ0n) is 30.4. The highest BCUT2D eigenvalue weighted by Gasteiger charge is 2.48. The standard InChI is InChI=1S/C26H29NO6.C20H19NO/c28-16-21-23(29)24(30)25(31)26(33-21)27(32-17-18-10-4-1-5-11-18)22(19-12-6-2-7-13-19)20-14-8-3-9-15-20;1-4-10-17(11-5-1)16-22-21-20(18-12-6-2-7-13-18)19-14-8-3-9-15-19/h1-15,21-26,28-31H,16-17H2;1-15,20-21H,16H2/t21?,23-,24+,25?,26-;/m1./s1. The van der Waals surface area contributed by atoms with Gasteiger partial charge in [0.1, 0.15) is 24.4 Å². The number of benzene rings is 6. The SMILES string of the molecule is OCC1O[C@@H](N(OCc2ccccc2)C(c2ccccc2)c2ccccc2)C(O)[C@@H](O)[C@@H]1O.c1ccc(CONC(c2ccccc2)c2ccccc2)cc1. The van der Waals surface area contributed by atoms with Crippen LogP contribution < -0.4 is 5.48 Å². The molecule has 1 aliphatic rings. The number of hydrogen-bond donors (Lipinski definition) is 5. The minimum Gasteiger partial charge on any atom is -0.394 e. The highest BCUT2D eigenvalue weighted by Crippen LogP contribution is 2.35. The fourth-order valence-electron chi connectivity index (χ4n) is 6.47. The van der Waals surface area contributed by atoms with Crippen LogP contribution in [0.3, 0.4) is 0 Å². The number of hydroxylamine groups is 3. The number of hydrogen-bond acceptors (Lipinski definition) is 9. The summed E-state index contributed by atoms with van der Waals surface area (Å²) in [6.07, 6.45) is -6.66. The van der Waals surface area contributed by atoms with Gasteiger partial charge in [0.15, 0.2) is 6.23 Å². The maximum atomic E-state index is 10.9. The van der Waals surface area contributed by atoms with Crippen LogP contribution in [0.1, 0.15) is 45.5 Å². The molecule has 7 rings (SSSR count). The smallest absolute Gasteiger partial charge is 0.163 e. The average Bonchev–Trinajstić information content (AvgIpc) is 3.25. The molecule has 0 saturated carbocycles. The van der Waals surface area contributed by atoms with Gasteiger partial charge in [0.25, 0.3) is 0 Å². The fourth-order valence-corrected chi connectivity index (χ4v) is 6.47. The van der Waals surface area contributed by atoms with E-state index in [1.807, 2.05) is 146 Å².